The van der Waals surface area contributed by atoms with Gasteiger partial charge in [-0.2, -0.15) is 5.10 Å². The molecule has 1 aromatic heterocycles. The van der Waals surface area contributed by atoms with E-state index in [1.807, 2.05) is 47.1 Å². The molecular weight excluding hydrogens is 384 g/mol. The van der Waals surface area contributed by atoms with Crippen molar-refractivity contribution in [2.24, 2.45) is 0 Å². The van der Waals surface area contributed by atoms with E-state index in [0.29, 0.717) is 24.7 Å². The number of rotatable bonds is 7. The molecule has 3 N–H and O–H groups in total. The first-order valence-corrected chi connectivity index (χ1v) is 9.56. The van der Waals surface area contributed by atoms with Crippen LogP contribution in [-0.4, -0.2) is 34.4 Å². The Bertz CT molecular complexity index is 1090. The van der Waals surface area contributed by atoms with Gasteiger partial charge in [-0.1, -0.05) is 30.3 Å². The van der Waals surface area contributed by atoms with Crippen LogP contribution in [-0.2, 0) is 27.4 Å². The average molecular weight is 410 g/mol. The second kappa shape index (κ2) is 8.44. The maximum Gasteiger partial charge on any atom is 0.303 e. The summed E-state index contributed by atoms with van der Waals surface area (Å²) in [6, 6.07) is 13.5. The molecule has 1 amide bonds. The molecule has 2 aromatic carbocycles. The fraction of sp³-hybridized carbons (Fsp3) is 0.318. The second-order valence-corrected chi connectivity index (χ2v) is 7.50. The van der Waals surface area contributed by atoms with Crippen molar-refractivity contribution in [3.8, 4) is 5.75 Å². The number of benzene rings is 2. The number of aromatic nitrogens is 2. The van der Waals surface area contributed by atoms with Crippen molar-refractivity contribution in [3.05, 3.63) is 53.6 Å². The summed E-state index contributed by atoms with van der Waals surface area (Å²) in [5, 5.41) is 8.05. The number of ether oxygens (including phenoxy) is 2. The zero-order valence-corrected chi connectivity index (χ0v) is 17.6. The smallest absolute Gasteiger partial charge is 0.303 e. The summed E-state index contributed by atoms with van der Waals surface area (Å²) in [6.45, 7) is 5.22. The molecule has 0 radical (unpaired) electrons. The second-order valence-electron chi connectivity index (χ2n) is 7.50. The van der Waals surface area contributed by atoms with Crippen LogP contribution in [0.15, 0.2) is 42.5 Å². The molecule has 0 aliphatic heterocycles. The highest BCUT2D eigenvalue weighted by molar-refractivity contribution is 5.94. The molecular formula is C22H26N4O4. The Morgan fingerprint density at radius 1 is 1.17 bits per heavy atom. The summed E-state index contributed by atoms with van der Waals surface area (Å²) in [5.74, 6) is 0.238. The zero-order chi connectivity index (χ0) is 21.9. The number of methoxy groups -OCH3 is 1. The van der Waals surface area contributed by atoms with E-state index in [0.717, 1.165) is 22.0 Å². The van der Waals surface area contributed by atoms with Crippen LogP contribution in [0.4, 0.5) is 5.82 Å². The van der Waals surface area contributed by atoms with E-state index in [1.165, 1.54) is 6.92 Å². The molecule has 0 fully saturated rings. The average Bonchev–Trinajstić information content (AvgIpc) is 3.01. The third-order valence-electron chi connectivity index (χ3n) is 4.71. The Balaban J connectivity index is 1.75. The lowest BCUT2D eigenvalue weighted by molar-refractivity contribution is -0.163. The maximum absolute atomic E-state index is 12.3. The van der Waals surface area contributed by atoms with Crippen LogP contribution in [0.2, 0.25) is 0 Å². The van der Waals surface area contributed by atoms with Gasteiger partial charge in [-0.25, -0.2) is 0 Å². The van der Waals surface area contributed by atoms with E-state index in [2.05, 4.69) is 10.4 Å². The van der Waals surface area contributed by atoms with E-state index in [9.17, 15) is 9.59 Å². The van der Waals surface area contributed by atoms with Crippen LogP contribution in [0.5, 0.6) is 5.75 Å². The van der Waals surface area contributed by atoms with Crippen LogP contribution in [0, 0.1) is 0 Å². The number of nitrogen functional groups attached to an aromatic ring is 1. The van der Waals surface area contributed by atoms with Gasteiger partial charge in [0.25, 0.3) is 5.91 Å². The molecule has 0 bridgehead atoms. The molecule has 30 heavy (non-hydrogen) atoms. The number of hydrogen-bond donors (Lipinski definition) is 2. The molecule has 0 saturated heterocycles. The van der Waals surface area contributed by atoms with Gasteiger partial charge in [0.1, 0.15) is 5.75 Å². The van der Waals surface area contributed by atoms with Gasteiger partial charge in [-0.3, -0.25) is 14.3 Å². The van der Waals surface area contributed by atoms with Crippen LogP contribution < -0.4 is 15.8 Å². The summed E-state index contributed by atoms with van der Waals surface area (Å²) in [6.07, 6.45) is 0. The number of nitrogens with one attached hydrogen (secondary N) is 1. The van der Waals surface area contributed by atoms with E-state index >= 15 is 0 Å². The van der Waals surface area contributed by atoms with Crippen molar-refractivity contribution in [3.63, 3.8) is 0 Å². The number of esters is 1. The number of fused-ring (bicyclic) bond motifs is 1. The monoisotopic (exact) mass is 410 g/mol. The van der Waals surface area contributed by atoms with E-state index < -0.39 is 11.6 Å². The highest BCUT2D eigenvalue weighted by Crippen LogP contribution is 2.30. The van der Waals surface area contributed by atoms with E-state index in [1.54, 1.807) is 21.0 Å². The van der Waals surface area contributed by atoms with Gasteiger partial charge in [-0.05, 0) is 37.1 Å². The lowest BCUT2D eigenvalue weighted by Gasteiger charge is -2.23. The maximum atomic E-state index is 12.3. The number of nitrogens with zero attached hydrogens (tertiary/aromatic N) is 2. The predicted molar refractivity (Wildman–Crippen MR) is 114 cm³/mol. The Morgan fingerprint density at radius 2 is 1.87 bits per heavy atom. The zero-order valence-electron chi connectivity index (χ0n) is 17.6. The molecule has 3 aromatic rings. The van der Waals surface area contributed by atoms with E-state index in [-0.39, 0.29) is 5.91 Å². The first-order valence-electron chi connectivity index (χ1n) is 9.56. The Morgan fingerprint density at radius 3 is 2.57 bits per heavy atom. The quantitative estimate of drug-likeness (QED) is 0.580. The number of anilines is 1. The van der Waals surface area contributed by atoms with Crippen LogP contribution >= 0.6 is 0 Å². The molecule has 0 aliphatic carbocycles. The highest BCUT2D eigenvalue weighted by Gasteiger charge is 2.30. The molecule has 8 heteroatoms. The van der Waals surface area contributed by atoms with Gasteiger partial charge >= 0.3 is 5.97 Å². The summed E-state index contributed by atoms with van der Waals surface area (Å²) in [7, 11) is 1.60. The highest BCUT2D eigenvalue weighted by atomic mass is 16.6. The van der Waals surface area contributed by atoms with Gasteiger partial charge in [-0.15, -0.1) is 0 Å². The third kappa shape index (κ3) is 4.53. The van der Waals surface area contributed by atoms with Crippen molar-refractivity contribution < 1.29 is 19.1 Å². The largest absolute Gasteiger partial charge is 0.496 e. The summed E-state index contributed by atoms with van der Waals surface area (Å²) >= 11 is 0. The van der Waals surface area contributed by atoms with Crippen LogP contribution in [0.3, 0.4) is 0 Å². The number of hydrogen-bond acceptors (Lipinski definition) is 6. The lowest BCUT2D eigenvalue weighted by atomic mass is 10.1. The van der Waals surface area contributed by atoms with Gasteiger partial charge < -0.3 is 20.5 Å². The molecule has 158 valence electrons. The SMILES string of the molecule is COc1cccc2c1c(N)nn2Cc1cccc(CNC(=O)C(C)(C)OC(C)=O)c1. The molecule has 0 atom stereocenters. The number of amides is 1. The van der Waals surface area contributed by atoms with Gasteiger partial charge in [0.2, 0.25) is 0 Å². The number of carbonyl (C=O) groups is 2. The standard InChI is InChI=1S/C22H26N4O4/c1-14(27)30-22(2,3)21(28)24-12-15-7-5-8-16(11-15)13-26-17-9-6-10-18(29-4)19(17)20(23)25-26/h5-11H,12-13H2,1-4H3,(H2,23,25)(H,24,28). The number of nitrogens with two attached hydrogens (primary N) is 1. The topological polar surface area (TPSA) is 108 Å². The molecule has 0 saturated carbocycles. The Kier molecular flexibility index (Phi) is 5.96. The third-order valence-corrected chi connectivity index (χ3v) is 4.71. The normalized spacial score (nSPS) is 11.3. The van der Waals surface area contributed by atoms with Gasteiger partial charge in [0, 0.05) is 13.5 Å². The molecule has 3 rings (SSSR count). The lowest BCUT2D eigenvalue weighted by Crippen LogP contribution is -2.44. The van der Waals surface area contributed by atoms with E-state index in [4.69, 9.17) is 15.2 Å². The molecule has 1 heterocycles. The molecule has 0 unspecified atom stereocenters. The molecule has 0 spiro atoms. The number of carbonyl (C=O) groups excluding carboxylic acids is 2. The van der Waals surface area contributed by atoms with Crippen molar-refractivity contribution in [2.75, 3.05) is 12.8 Å². The van der Waals surface area contributed by atoms with Crippen LogP contribution in [0.1, 0.15) is 31.9 Å². The van der Waals surface area contributed by atoms with Crippen LogP contribution in [0.25, 0.3) is 10.9 Å². The predicted octanol–water partition coefficient (Wildman–Crippen LogP) is 2.63. The first kappa shape index (κ1) is 21.2. The van der Waals surface area contributed by atoms with Crippen molar-refractivity contribution in [1.82, 2.24) is 15.1 Å². The summed E-state index contributed by atoms with van der Waals surface area (Å²) in [4.78, 5) is 23.5. The van der Waals surface area contributed by atoms with Gasteiger partial charge in [0.15, 0.2) is 11.4 Å². The minimum Gasteiger partial charge on any atom is -0.496 e. The van der Waals surface area contributed by atoms with Crippen molar-refractivity contribution in [1.29, 1.82) is 0 Å². The van der Waals surface area contributed by atoms with Gasteiger partial charge in [0.05, 0.1) is 24.6 Å². The van der Waals surface area contributed by atoms with Crippen molar-refractivity contribution >= 4 is 28.6 Å². The summed E-state index contributed by atoms with van der Waals surface area (Å²) in [5.41, 5.74) is 7.68. The fourth-order valence-electron chi connectivity index (χ4n) is 3.33. The molecule has 0 aliphatic rings. The first-order chi connectivity index (χ1) is 14.2. The fourth-order valence-corrected chi connectivity index (χ4v) is 3.33. The Hall–Kier alpha value is -3.55. The minimum absolute atomic E-state index is 0.313. The summed E-state index contributed by atoms with van der Waals surface area (Å²) < 4.78 is 12.3. The Labute approximate surface area is 175 Å². The minimum atomic E-state index is -1.23. The van der Waals surface area contributed by atoms with Crippen molar-refractivity contribution in [2.45, 2.75) is 39.5 Å². The molecule has 8 nitrogen and oxygen atoms in total.